The standard InChI is InChI=1S/C19H20O4S3/c1-24-15-8-6-14(7-9-15)12-23-19(20)17-4-2-3-5-18(17)25-16-10-11-26(21,22)13-16/h2-9,16H,10-13H2,1H3/t16-/m0/s1. The van der Waals surface area contributed by atoms with Crippen LogP contribution in [-0.4, -0.2) is 37.4 Å². The van der Waals surface area contributed by atoms with Crippen LogP contribution in [-0.2, 0) is 21.2 Å². The van der Waals surface area contributed by atoms with Crippen molar-refractivity contribution in [1.29, 1.82) is 0 Å². The highest BCUT2D eigenvalue weighted by Gasteiger charge is 2.29. The van der Waals surface area contributed by atoms with Crippen molar-refractivity contribution in [2.24, 2.45) is 0 Å². The van der Waals surface area contributed by atoms with Crippen LogP contribution in [0.2, 0.25) is 0 Å². The summed E-state index contributed by atoms with van der Waals surface area (Å²) < 4.78 is 28.8. The van der Waals surface area contributed by atoms with Gasteiger partial charge < -0.3 is 4.74 Å². The summed E-state index contributed by atoms with van der Waals surface area (Å²) in [5, 5.41) is -0.00645. The van der Waals surface area contributed by atoms with Crippen molar-refractivity contribution >= 4 is 39.3 Å². The summed E-state index contributed by atoms with van der Waals surface area (Å²) in [6.45, 7) is 0.213. The molecule has 2 aromatic rings. The maximum Gasteiger partial charge on any atom is 0.339 e. The van der Waals surface area contributed by atoms with Gasteiger partial charge in [-0.2, -0.15) is 0 Å². The molecule has 0 amide bonds. The molecule has 0 radical (unpaired) electrons. The number of ether oxygens (including phenoxy) is 1. The van der Waals surface area contributed by atoms with E-state index in [9.17, 15) is 13.2 Å². The zero-order valence-corrected chi connectivity index (χ0v) is 16.8. The molecule has 0 aromatic heterocycles. The second-order valence-corrected chi connectivity index (χ2v) is 10.5. The van der Waals surface area contributed by atoms with Gasteiger partial charge in [-0.15, -0.1) is 23.5 Å². The Kier molecular flexibility index (Phi) is 6.32. The molecule has 0 aliphatic carbocycles. The highest BCUT2D eigenvalue weighted by atomic mass is 32.2. The van der Waals surface area contributed by atoms with E-state index in [1.807, 2.05) is 42.7 Å². The maximum atomic E-state index is 12.5. The van der Waals surface area contributed by atoms with Crippen molar-refractivity contribution in [1.82, 2.24) is 0 Å². The van der Waals surface area contributed by atoms with Gasteiger partial charge in [0.2, 0.25) is 0 Å². The first-order valence-corrected chi connectivity index (χ1v) is 12.2. The summed E-state index contributed by atoms with van der Waals surface area (Å²) in [7, 11) is -2.94. The van der Waals surface area contributed by atoms with Crippen molar-refractivity contribution in [2.45, 2.75) is 28.1 Å². The van der Waals surface area contributed by atoms with Crippen molar-refractivity contribution < 1.29 is 17.9 Å². The predicted molar refractivity (Wildman–Crippen MR) is 107 cm³/mol. The second kappa shape index (κ2) is 8.50. The zero-order valence-electron chi connectivity index (χ0n) is 14.4. The lowest BCUT2D eigenvalue weighted by Crippen LogP contribution is -2.09. The molecule has 7 heteroatoms. The number of thioether (sulfide) groups is 2. The van der Waals surface area contributed by atoms with Crippen LogP contribution in [0.1, 0.15) is 22.3 Å². The van der Waals surface area contributed by atoms with E-state index in [1.165, 1.54) is 11.8 Å². The van der Waals surface area contributed by atoms with Gasteiger partial charge in [0.25, 0.3) is 0 Å². The van der Waals surface area contributed by atoms with Crippen molar-refractivity contribution in [2.75, 3.05) is 17.8 Å². The zero-order chi connectivity index (χ0) is 18.6. The Bertz CT molecular complexity index is 876. The van der Waals surface area contributed by atoms with E-state index < -0.39 is 9.84 Å². The van der Waals surface area contributed by atoms with E-state index in [2.05, 4.69) is 0 Å². The highest BCUT2D eigenvalue weighted by molar-refractivity contribution is 8.02. The van der Waals surface area contributed by atoms with Crippen molar-refractivity contribution in [3.05, 3.63) is 59.7 Å². The lowest BCUT2D eigenvalue weighted by atomic mass is 10.2. The van der Waals surface area contributed by atoms with Crippen molar-refractivity contribution in [3.8, 4) is 0 Å². The molecule has 26 heavy (non-hydrogen) atoms. The van der Waals surface area contributed by atoms with E-state index in [0.717, 1.165) is 15.4 Å². The van der Waals surface area contributed by atoms with E-state index >= 15 is 0 Å². The molecule has 0 saturated carbocycles. The predicted octanol–water partition coefficient (Wildman–Crippen LogP) is 4.04. The quantitative estimate of drug-likeness (QED) is 0.531. The maximum absolute atomic E-state index is 12.5. The Balaban J connectivity index is 1.65. The topological polar surface area (TPSA) is 60.4 Å². The van der Waals surface area contributed by atoms with E-state index in [4.69, 9.17) is 4.74 Å². The average molecular weight is 409 g/mol. The molecule has 1 fully saturated rings. The lowest BCUT2D eigenvalue weighted by Gasteiger charge is -2.12. The number of carbonyl (C=O) groups excluding carboxylic acids is 1. The fourth-order valence-corrected chi connectivity index (χ4v) is 6.75. The van der Waals surface area contributed by atoms with Gasteiger partial charge >= 0.3 is 5.97 Å². The number of hydrogen-bond donors (Lipinski definition) is 0. The normalized spacial score (nSPS) is 18.6. The van der Waals surface area contributed by atoms with Gasteiger partial charge in [0.05, 0.1) is 17.1 Å². The number of rotatable bonds is 6. The molecule has 0 spiro atoms. The minimum absolute atomic E-state index is 0.00645. The number of benzene rings is 2. The molecule has 3 rings (SSSR count). The number of sulfone groups is 1. The minimum atomic E-state index is -2.94. The third-order valence-corrected chi connectivity index (χ3v) is 8.19. The molecule has 1 atom stereocenters. The molecule has 1 saturated heterocycles. The van der Waals surface area contributed by atoms with Gasteiger partial charge in [-0.3, -0.25) is 0 Å². The van der Waals surface area contributed by atoms with Crippen LogP contribution in [0.3, 0.4) is 0 Å². The Morgan fingerprint density at radius 1 is 1.15 bits per heavy atom. The molecule has 0 bridgehead atoms. The third kappa shape index (κ3) is 5.05. The van der Waals surface area contributed by atoms with Crippen LogP contribution in [0, 0.1) is 0 Å². The SMILES string of the molecule is CSc1ccc(COC(=O)c2ccccc2S[C@H]2CCS(=O)(=O)C2)cc1. The van der Waals surface area contributed by atoms with Crippen LogP contribution < -0.4 is 0 Å². The molecule has 1 aliphatic heterocycles. The van der Waals surface area contributed by atoms with Crippen LogP contribution in [0.4, 0.5) is 0 Å². The average Bonchev–Trinajstić information content (AvgIpc) is 2.99. The molecular weight excluding hydrogens is 388 g/mol. The van der Waals surface area contributed by atoms with Gasteiger partial charge in [0.1, 0.15) is 6.61 Å². The minimum Gasteiger partial charge on any atom is -0.457 e. The van der Waals surface area contributed by atoms with Gasteiger partial charge in [-0.05, 0) is 42.5 Å². The number of hydrogen-bond acceptors (Lipinski definition) is 6. The molecule has 4 nitrogen and oxygen atoms in total. The lowest BCUT2D eigenvalue weighted by molar-refractivity contribution is 0.0468. The Morgan fingerprint density at radius 2 is 1.88 bits per heavy atom. The van der Waals surface area contributed by atoms with Gasteiger partial charge in [-0.25, -0.2) is 13.2 Å². The van der Waals surface area contributed by atoms with Crippen LogP contribution in [0.5, 0.6) is 0 Å². The first-order chi connectivity index (χ1) is 12.5. The summed E-state index contributed by atoms with van der Waals surface area (Å²) in [4.78, 5) is 14.4. The summed E-state index contributed by atoms with van der Waals surface area (Å²) in [5.41, 5.74) is 1.42. The van der Waals surface area contributed by atoms with Gasteiger partial charge in [-0.1, -0.05) is 24.3 Å². The first-order valence-electron chi connectivity index (χ1n) is 8.23. The fraction of sp³-hybridized carbons (Fsp3) is 0.316. The smallest absolute Gasteiger partial charge is 0.339 e. The van der Waals surface area contributed by atoms with Crippen LogP contribution >= 0.6 is 23.5 Å². The number of esters is 1. The highest BCUT2D eigenvalue weighted by Crippen LogP contribution is 2.33. The summed E-state index contributed by atoms with van der Waals surface area (Å²) >= 11 is 3.11. The van der Waals surface area contributed by atoms with E-state index in [1.54, 1.807) is 23.9 Å². The first kappa shape index (κ1) is 19.3. The summed E-state index contributed by atoms with van der Waals surface area (Å²) in [6.07, 6.45) is 2.64. The van der Waals surface area contributed by atoms with Gasteiger partial charge in [0, 0.05) is 15.0 Å². The molecule has 0 N–H and O–H groups in total. The molecule has 1 heterocycles. The Morgan fingerprint density at radius 3 is 2.54 bits per heavy atom. The fourth-order valence-electron chi connectivity index (χ4n) is 2.72. The second-order valence-electron chi connectivity index (χ2n) is 6.06. The Hall–Kier alpha value is -1.44. The van der Waals surface area contributed by atoms with Crippen LogP contribution in [0.25, 0.3) is 0 Å². The largest absolute Gasteiger partial charge is 0.457 e. The molecule has 138 valence electrons. The van der Waals surface area contributed by atoms with E-state index in [-0.39, 0.29) is 29.3 Å². The monoisotopic (exact) mass is 408 g/mol. The molecule has 1 aliphatic rings. The molecule has 0 unspecified atom stereocenters. The third-order valence-electron chi connectivity index (χ3n) is 4.12. The van der Waals surface area contributed by atoms with Crippen molar-refractivity contribution in [3.63, 3.8) is 0 Å². The van der Waals surface area contributed by atoms with E-state index in [0.29, 0.717) is 12.0 Å². The van der Waals surface area contributed by atoms with Gasteiger partial charge in [0.15, 0.2) is 9.84 Å². The molecule has 2 aromatic carbocycles. The summed E-state index contributed by atoms with van der Waals surface area (Å²) in [5.74, 6) is 0.00879. The Labute approximate surface area is 162 Å². The number of carbonyl (C=O) groups is 1. The summed E-state index contributed by atoms with van der Waals surface area (Å²) in [6, 6.07) is 15.1. The van der Waals surface area contributed by atoms with Crippen LogP contribution in [0.15, 0.2) is 58.3 Å². The molecular formula is C19H20O4S3.